The molecule has 0 unspecified atom stereocenters. The predicted octanol–water partition coefficient (Wildman–Crippen LogP) is 4.69. The Bertz CT molecular complexity index is 1610. The van der Waals surface area contributed by atoms with Crippen molar-refractivity contribution in [1.29, 1.82) is 0 Å². The largest absolute Gasteiger partial charge is 0.317 e. The molecule has 4 aromatic rings. The summed E-state index contributed by atoms with van der Waals surface area (Å²) in [6.45, 7) is 3.99. The Morgan fingerprint density at radius 2 is 1.69 bits per heavy atom. The maximum atomic E-state index is 13.0. The fourth-order valence-corrected chi connectivity index (χ4v) is 6.91. The van der Waals surface area contributed by atoms with Gasteiger partial charge in [-0.1, -0.05) is 30.3 Å². The number of rotatable bonds is 8. The quantitative estimate of drug-likeness (QED) is 0.346. The van der Waals surface area contributed by atoms with Gasteiger partial charge in [0.1, 0.15) is 17.4 Å². The lowest BCUT2D eigenvalue weighted by atomic mass is 9.92. The van der Waals surface area contributed by atoms with Gasteiger partial charge in [-0.2, -0.15) is 0 Å². The van der Waals surface area contributed by atoms with E-state index in [1.165, 1.54) is 0 Å². The first kappa shape index (κ1) is 25.8. The van der Waals surface area contributed by atoms with E-state index in [1.54, 1.807) is 24.5 Å². The smallest absolute Gasteiger partial charge is 0.185 e. The summed E-state index contributed by atoms with van der Waals surface area (Å²) >= 11 is 0. The Morgan fingerprint density at radius 1 is 0.949 bits per heavy atom. The maximum Gasteiger partial charge on any atom is 0.185 e. The highest BCUT2D eigenvalue weighted by molar-refractivity contribution is 7.90. The van der Waals surface area contributed by atoms with Crippen LogP contribution in [0.5, 0.6) is 0 Å². The number of aromatic nitrogens is 3. The van der Waals surface area contributed by atoms with Gasteiger partial charge < -0.3 is 5.32 Å². The lowest BCUT2D eigenvalue weighted by molar-refractivity contribution is -0.119. The van der Waals surface area contributed by atoms with E-state index < -0.39 is 9.84 Å². The average molecular weight is 541 g/mol. The zero-order chi connectivity index (χ0) is 27.0. The van der Waals surface area contributed by atoms with E-state index in [9.17, 15) is 13.2 Å². The van der Waals surface area contributed by atoms with Gasteiger partial charge in [0.25, 0.3) is 0 Å². The summed E-state index contributed by atoms with van der Waals surface area (Å²) in [5.74, 6) is 0.861. The summed E-state index contributed by atoms with van der Waals surface area (Å²) in [7, 11) is -3.57. The predicted molar refractivity (Wildman–Crippen MR) is 150 cm³/mol. The molecular formula is C31H32N4O3S. The third-order valence-corrected chi connectivity index (χ3v) is 9.76. The van der Waals surface area contributed by atoms with Gasteiger partial charge >= 0.3 is 0 Å². The van der Waals surface area contributed by atoms with Crippen LogP contribution in [-0.4, -0.2) is 42.2 Å². The number of carbonyl (C=O) groups is 1. The molecule has 6 rings (SSSR count). The van der Waals surface area contributed by atoms with Gasteiger partial charge in [-0.15, -0.1) is 0 Å². The number of aryl methyl sites for hydroxylation is 1. The summed E-state index contributed by atoms with van der Waals surface area (Å²) in [6, 6.07) is 13.1. The standard InChI is InChI=1S/C31H32N4O3S/c1-20-15-33-16-24-3-2-21(12-27(20)24)13-30(36)29-14-28(29)23-4-6-26(7-5-23)39(37,38)19-31-34-17-25(18-35-31)22-8-10-32-11-9-22/h2-7,12,15-18,22,28-29,32H,8-11,13-14,19H2,1H3/t28-,29+/m0/s1. The molecule has 1 saturated heterocycles. The van der Waals surface area contributed by atoms with Gasteiger partial charge in [0.15, 0.2) is 9.84 Å². The lowest BCUT2D eigenvalue weighted by Crippen LogP contribution is -2.26. The molecule has 2 aliphatic rings. The molecule has 1 aliphatic heterocycles. The van der Waals surface area contributed by atoms with Crippen molar-refractivity contribution in [2.24, 2.45) is 5.92 Å². The van der Waals surface area contributed by atoms with Crippen molar-refractivity contribution >= 4 is 26.4 Å². The Kier molecular flexibility index (Phi) is 6.99. The summed E-state index contributed by atoms with van der Waals surface area (Å²) in [5, 5.41) is 5.55. The first-order valence-electron chi connectivity index (χ1n) is 13.6. The normalized spacial score (nSPS) is 19.7. The second kappa shape index (κ2) is 10.6. The lowest BCUT2D eigenvalue weighted by Gasteiger charge is -2.22. The number of carbonyl (C=O) groups excluding carboxylic acids is 1. The summed E-state index contributed by atoms with van der Waals surface area (Å²) in [4.78, 5) is 26.2. The fraction of sp³-hybridized carbons (Fsp3) is 0.355. The van der Waals surface area contributed by atoms with E-state index in [-0.39, 0.29) is 28.3 Å². The van der Waals surface area contributed by atoms with Gasteiger partial charge in [-0.25, -0.2) is 18.4 Å². The van der Waals surface area contributed by atoms with Crippen LogP contribution in [0, 0.1) is 12.8 Å². The molecule has 8 heteroatoms. The van der Waals surface area contributed by atoms with Gasteiger partial charge in [0.05, 0.1) is 4.90 Å². The highest BCUT2D eigenvalue weighted by atomic mass is 32.2. The highest BCUT2D eigenvalue weighted by Gasteiger charge is 2.43. The fourth-order valence-electron chi connectivity index (χ4n) is 5.70. The molecule has 3 heterocycles. The number of Topliss-reactive ketones (excluding diaryl/α,β-unsaturated/α-hetero) is 1. The number of piperidine rings is 1. The van der Waals surface area contributed by atoms with Gasteiger partial charge in [0.2, 0.25) is 0 Å². The Morgan fingerprint density at radius 3 is 2.44 bits per heavy atom. The number of sulfone groups is 1. The van der Waals surface area contributed by atoms with Crippen molar-refractivity contribution in [2.75, 3.05) is 13.1 Å². The molecule has 2 fully saturated rings. The van der Waals surface area contributed by atoms with Crippen molar-refractivity contribution in [3.8, 4) is 0 Å². The van der Waals surface area contributed by atoms with Crippen LogP contribution in [0.4, 0.5) is 0 Å². The maximum absolute atomic E-state index is 13.0. The van der Waals surface area contributed by atoms with Crippen molar-refractivity contribution < 1.29 is 13.2 Å². The topological polar surface area (TPSA) is 102 Å². The highest BCUT2D eigenvalue weighted by Crippen LogP contribution is 2.48. The van der Waals surface area contributed by atoms with Gasteiger partial charge in [-0.3, -0.25) is 9.78 Å². The number of hydrogen-bond acceptors (Lipinski definition) is 7. The van der Waals surface area contributed by atoms with Crippen molar-refractivity contribution in [1.82, 2.24) is 20.3 Å². The van der Waals surface area contributed by atoms with Crippen LogP contribution in [0.15, 0.2) is 72.1 Å². The van der Waals surface area contributed by atoms with Crippen LogP contribution in [-0.2, 0) is 26.8 Å². The van der Waals surface area contributed by atoms with Crippen LogP contribution in [0.3, 0.4) is 0 Å². The summed E-state index contributed by atoms with van der Waals surface area (Å²) in [6.07, 6.45) is 10.5. The Hall–Kier alpha value is -3.49. The minimum atomic E-state index is -3.57. The Balaban J connectivity index is 1.07. The Labute approximate surface area is 229 Å². The van der Waals surface area contributed by atoms with E-state index in [0.717, 1.165) is 65.4 Å². The van der Waals surface area contributed by atoms with Crippen molar-refractivity contribution in [3.63, 3.8) is 0 Å². The number of hydrogen-bond donors (Lipinski definition) is 1. The second-order valence-electron chi connectivity index (χ2n) is 10.9. The second-order valence-corrected chi connectivity index (χ2v) is 12.9. The first-order valence-corrected chi connectivity index (χ1v) is 15.2. The molecule has 0 amide bonds. The van der Waals surface area contributed by atoms with E-state index in [1.807, 2.05) is 43.6 Å². The zero-order valence-electron chi connectivity index (χ0n) is 22.0. The van der Waals surface area contributed by atoms with Gasteiger partial charge in [0, 0.05) is 42.5 Å². The monoisotopic (exact) mass is 540 g/mol. The van der Waals surface area contributed by atoms with Crippen LogP contribution < -0.4 is 5.32 Å². The van der Waals surface area contributed by atoms with Crippen LogP contribution in [0.1, 0.15) is 59.2 Å². The average Bonchev–Trinajstić information content (AvgIpc) is 3.76. The SMILES string of the molecule is Cc1cncc2ccc(CC(=O)[C@@H]3C[C@H]3c3ccc(S(=O)(=O)Cc4ncc(C5CCNCC5)cn4)cc3)cc12. The molecule has 1 N–H and O–H groups in total. The number of benzene rings is 2. The minimum absolute atomic E-state index is 0.0199. The van der Waals surface area contributed by atoms with E-state index >= 15 is 0 Å². The minimum Gasteiger partial charge on any atom is -0.317 e. The molecule has 7 nitrogen and oxygen atoms in total. The summed E-state index contributed by atoms with van der Waals surface area (Å²) < 4.78 is 26.1. The molecule has 2 aromatic heterocycles. The molecule has 2 aromatic carbocycles. The van der Waals surface area contributed by atoms with E-state index in [2.05, 4.69) is 26.3 Å². The number of fused-ring (bicyclic) bond motifs is 1. The molecule has 0 bridgehead atoms. The summed E-state index contributed by atoms with van der Waals surface area (Å²) in [5.41, 5.74) is 4.20. The van der Waals surface area contributed by atoms with Gasteiger partial charge in [-0.05, 0) is 90.9 Å². The molecule has 200 valence electrons. The third kappa shape index (κ3) is 5.63. The number of ketones is 1. The number of pyridine rings is 1. The molecule has 0 radical (unpaired) electrons. The van der Waals surface area contributed by atoms with Crippen molar-refractivity contribution in [2.45, 2.75) is 55.1 Å². The number of nitrogens with one attached hydrogen (secondary N) is 1. The van der Waals surface area contributed by atoms with Crippen molar-refractivity contribution in [3.05, 3.63) is 95.3 Å². The van der Waals surface area contributed by atoms with E-state index in [4.69, 9.17) is 0 Å². The van der Waals surface area contributed by atoms with Crippen LogP contribution >= 0.6 is 0 Å². The third-order valence-electron chi connectivity index (χ3n) is 8.13. The molecular weight excluding hydrogens is 508 g/mol. The zero-order valence-corrected chi connectivity index (χ0v) is 22.8. The first-order chi connectivity index (χ1) is 18.9. The van der Waals surface area contributed by atoms with Crippen LogP contribution in [0.25, 0.3) is 10.8 Å². The molecule has 1 saturated carbocycles. The molecule has 1 aliphatic carbocycles. The molecule has 0 spiro atoms. The van der Waals surface area contributed by atoms with E-state index in [0.29, 0.717) is 18.2 Å². The molecule has 2 atom stereocenters. The van der Waals surface area contributed by atoms with Crippen LogP contribution in [0.2, 0.25) is 0 Å². The number of nitrogens with zero attached hydrogens (tertiary/aromatic N) is 3. The molecule has 39 heavy (non-hydrogen) atoms.